The summed E-state index contributed by atoms with van der Waals surface area (Å²) < 4.78 is 16.3. The van der Waals surface area contributed by atoms with E-state index in [4.69, 9.17) is 13.9 Å². The monoisotopic (exact) mass is 451 g/mol. The van der Waals surface area contributed by atoms with Gasteiger partial charge in [0, 0.05) is 17.0 Å². The zero-order valence-corrected chi connectivity index (χ0v) is 19.2. The average molecular weight is 452 g/mol. The van der Waals surface area contributed by atoms with Gasteiger partial charge in [0.15, 0.2) is 0 Å². The molecule has 1 aromatic heterocycles. The Bertz CT molecular complexity index is 1170. The number of fused-ring (bicyclic) bond motifs is 1. The van der Waals surface area contributed by atoms with Gasteiger partial charge in [0.25, 0.3) is 0 Å². The number of rotatable bonds is 9. The Morgan fingerprint density at radius 1 is 1.09 bits per heavy atom. The number of unbranched alkanes of at least 4 members (excludes halogenated alkanes) is 1. The lowest BCUT2D eigenvalue weighted by molar-refractivity contribution is -0.136. The van der Waals surface area contributed by atoms with E-state index in [1.54, 1.807) is 19.1 Å². The first-order chi connectivity index (χ1) is 15.9. The maximum Gasteiger partial charge on any atom is 0.408 e. The number of aryl methyl sites for hydroxylation is 2. The molecule has 174 valence electrons. The smallest absolute Gasteiger partial charge is 0.408 e. The highest BCUT2D eigenvalue weighted by Gasteiger charge is 2.24. The van der Waals surface area contributed by atoms with Crippen LogP contribution in [0.15, 0.2) is 57.7 Å². The lowest BCUT2D eigenvalue weighted by Crippen LogP contribution is -2.43. The highest BCUT2D eigenvalue weighted by Crippen LogP contribution is 2.29. The molecule has 1 amide bonds. The topological polar surface area (TPSA) is 94.8 Å². The van der Waals surface area contributed by atoms with Crippen LogP contribution in [-0.4, -0.2) is 18.1 Å². The molecule has 0 radical (unpaired) electrons. The van der Waals surface area contributed by atoms with Crippen LogP contribution in [0, 0.1) is 6.92 Å². The van der Waals surface area contributed by atoms with E-state index in [0.29, 0.717) is 24.0 Å². The Balaban J connectivity index is 1.74. The van der Waals surface area contributed by atoms with Crippen LogP contribution in [0.5, 0.6) is 5.75 Å². The summed E-state index contributed by atoms with van der Waals surface area (Å²) in [5, 5.41) is 3.42. The summed E-state index contributed by atoms with van der Waals surface area (Å²) >= 11 is 0. The second kappa shape index (κ2) is 11.3. The van der Waals surface area contributed by atoms with E-state index >= 15 is 0 Å². The number of benzene rings is 2. The van der Waals surface area contributed by atoms with Crippen LogP contribution in [-0.2, 0) is 22.6 Å². The van der Waals surface area contributed by atoms with E-state index in [9.17, 15) is 14.4 Å². The summed E-state index contributed by atoms with van der Waals surface area (Å²) in [5.74, 6) is -0.318. The van der Waals surface area contributed by atoms with Crippen molar-refractivity contribution < 1.29 is 23.5 Å². The second-order valence-electron chi connectivity index (χ2n) is 7.83. The van der Waals surface area contributed by atoms with Crippen molar-refractivity contribution in [3.63, 3.8) is 0 Å². The largest absolute Gasteiger partial charge is 0.445 e. The van der Waals surface area contributed by atoms with E-state index < -0.39 is 23.7 Å². The molecule has 0 aliphatic rings. The van der Waals surface area contributed by atoms with Gasteiger partial charge in [-0.1, -0.05) is 57.0 Å². The van der Waals surface area contributed by atoms with Crippen molar-refractivity contribution >= 4 is 23.0 Å². The summed E-state index contributed by atoms with van der Waals surface area (Å²) in [5.41, 5.74) is 2.21. The molecule has 0 fully saturated rings. The summed E-state index contributed by atoms with van der Waals surface area (Å²) in [6.07, 6.45) is 1.98. The minimum absolute atomic E-state index is 0.102. The molecule has 3 rings (SSSR count). The molecular formula is C26H29NO6. The van der Waals surface area contributed by atoms with Crippen LogP contribution in [0.2, 0.25) is 0 Å². The third kappa shape index (κ3) is 6.22. The van der Waals surface area contributed by atoms with E-state index in [1.807, 2.05) is 44.2 Å². The molecule has 1 N–H and O–H groups in total. The maximum absolute atomic E-state index is 12.9. The molecule has 1 heterocycles. The van der Waals surface area contributed by atoms with Crippen molar-refractivity contribution in [1.82, 2.24) is 5.32 Å². The van der Waals surface area contributed by atoms with E-state index in [0.717, 1.165) is 29.4 Å². The molecule has 1 atom stereocenters. The number of nitrogens with one attached hydrogen (secondary N) is 1. The summed E-state index contributed by atoms with van der Waals surface area (Å²) in [6.45, 7) is 5.79. The van der Waals surface area contributed by atoms with Gasteiger partial charge in [0.2, 0.25) is 0 Å². The van der Waals surface area contributed by atoms with E-state index in [-0.39, 0.29) is 12.4 Å². The first-order valence-corrected chi connectivity index (χ1v) is 11.2. The summed E-state index contributed by atoms with van der Waals surface area (Å²) in [4.78, 5) is 37.2. The molecule has 0 aliphatic heterocycles. The summed E-state index contributed by atoms with van der Waals surface area (Å²) in [7, 11) is 0. The highest BCUT2D eigenvalue weighted by molar-refractivity contribution is 5.87. The number of ether oxygens (including phenoxy) is 2. The Kier molecular flexibility index (Phi) is 8.24. The van der Waals surface area contributed by atoms with Crippen LogP contribution in [0.25, 0.3) is 11.0 Å². The normalized spacial score (nSPS) is 11.7. The Hall–Kier alpha value is -3.61. The maximum atomic E-state index is 12.9. The van der Waals surface area contributed by atoms with Crippen molar-refractivity contribution in [3.05, 3.63) is 75.6 Å². The molecule has 0 aliphatic carbocycles. The standard InChI is InChI=1S/C26H29NO6/c1-4-6-12-21(27-26(30)31-16-18-10-8-7-9-11-18)25(29)32-22-14-13-20-19(5-2)15-23(28)33-24(20)17(22)3/h7-11,13-15,21H,4-6,12,16H2,1-3H3,(H,27,30). The van der Waals surface area contributed by atoms with Crippen molar-refractivity contribution in [2.75, 3.05) is 0 Å². The molecule has 0 saturated carbocycles. The van der Waals surface area contributed by atoms with Gasteiger partial charge in [-0.15, -0.1) is 0 Å². The number of hydrogen-bond donors (Lipinski definition) is 1. The predicted molar refractivity (Wildman–Crippen MR) is 125 cm³/mol. The summed E-state index contributed by atoms with van der Waals surface area (Å²) in [6, 6.07) is 13.3. The Labute approximate surface area is 192 Å². The number of carbonyl (C=O) groups is 2. The minimum atomic E-state index is -0.864. The lowest BCUT2D eigenvalue weighted by atomic mass is 10.0. The van der Waals surface area contributed by atoms with Crippen molar-refractivity contribution in [2.45, 2.75) is 59.1 Å². The fourth-order valence-electron chi connectivity index (χ4n) is 3.55. The van der Waals surface area contributed by atoms with Crippen LogP contribution in [0.3, 0.4) is 0 Å². The number of esters is 1. The quantitative estimate of drug-likeness (QED) is 0.278. The Morgan fingerprint density at radius 2 is 1.85 bits per heavy atom. The third-order valence-corrected chi connectivity index (χ3v) is 5.42. The number of hydrogen-bond acceptors (Lipinski definition) is 6. The molecule has 0 saturated heterocycles. The van der Waals surface area contributed by atoms with Gasteiger partial charge < -0.3 is 19.2 Å². The molecule has 7 heteroatoms. The highest BCUT2D eigenvalue weighted by atomic mass is 16.6. The average Bonchev–Trinajstić information content (AvgIpc) is 2.82. The second-order valence-corrected chi connectivity index (χ2v) is 7.83. The molecule has 2 aromatic carbocycles. The van der Waals surface area contributed by atoms with Crippen molar-refractivity contribution in [1.29, 1.82) is 0 Å². The third-order valence-electron chi connectivity index (χ3n) is 5.42. The molecule has 33 heavy (non-hydrogen) atoms. The zero-order chi connectivity index (χ0) is 23.8. The SMILES string of the molecule is CCCCC(NC(=O)OCc1ccccc1)C(=O)Oc1ccc2c(CC)cc(=O)oc2c1C. The van der Waals surface area contributed by atoms with Crippen molar-refractivity contribution in [3.8, 4) is 5.75 Å². The van der Waals surface area contributed by atoms with E-state index in [1.165, 1.54) is 6.07 Å². The van der Waals surface area contributed by atoms with Crippen molar-refractivity contribution in [2.24, 2.45) is 0 Å². The van der Waals surface area contributed by atoms with Crippen LogP contribution < -0.4 is 15.7 Å². The number of amides is 1. The van der Waals surface area contributed by atoms with Gasteiger partial charge in [-0.2, -0.15) is 0 Å². The molecular weight excluding hydrogens is 422 g/mol. The van der Waals surface area contributed by atoms with Gasteiger partial charge in [-0.3, -0.25) is 0 Å². The van der Waals surface area contributed by atoms with Crippen LogP contribution in [0.4, 0.5) is 4.79 Å². The van der Waals surface area contributed by atoms with Gasteiger partial charge >= 0.3 is 17.7 Å². The zero-order valence-electron chi connectivity index (χ0n) is 19.2. The molecule has 0 bridgehead atoms. The first-order valence-electron chi connectivity index (χ1n) is 11.2. The molecule has 7 nitrogen and oxygen atoms in total. The molecule has 3 aromatic rings. The number of carbonyl (C=O) groups excluding carboxylic acids is 2. The number of alkyl carbamates (subject to hydrolysis) is 1. The van der Waals surface area contributed by atoms with Crippen LogP contribution in [0.1, 0.15) is 49.8 Å². The Morgan fingerprint density at radius 3 is 2.55 bits per heavy atom. The van der Waals surface area contributed by atoms with Crippen LogP contribution >= 0.6 is 0 Å². The van der Waals surface area contributed by atoms with E-state index in [2.05, 4.69) is 5.32 Å². The fraction of sp³-hybridized carbons (Fsp3) is 0.346. The predicted octanol–water partition coefficient (Wildman–Crippen LogP) is 5.05. The van der Waals surface area contributed by atoms with Gasteiger partial charge in [0.05, 0.1) is 0 Å². The minimum Gasteiger partial charge on any atom is -0.445 e. The van der Waals surface area contributed by atoms with Gasteiger partial charge in [-0.05, 0) is 43.0 Å². The molecule has 0 spiro atoms. The first kappa shape index (κ1) is 24.0. The molecule has 1 unspecified atom stereocenters. The fourth-order valence-corrected chi connectivity index (χ4v) is 3.55. The lowest BCUT2D eigenvalue weighted by Gasteiger charge is -2.18. The van der Waals surface area contributed by atoms with Gasteiger partial charge in [0.1, 0.15) is 24.0 Å². The van der Waals surface area contributed by atoms with Gasteiger partial charge in [-0.25, -0.2) is 14.4 Å².